The Hall–Kier alpha value is -1.43. The minimum Gasteiger partial charge on any atom is -0.480 e. The number of carboxylic acid groups (broad SMARTS) is 1. The molecule has 1 unspecified atom stereocenters. The molecular formula is C11H9ClN2O2S. The third-order valence-corrected chi connectivity index (χ3v) is 3.32. The molecule has 0 aliphatic carbocycles. The van der Waals surface area contributed by atoms with E-state index in [-0.39, 0.29) is 0 Å². The molecule has 2 aromatic rings. The zero-order valence-corrected chi connectivity index (χ0v) is 10.2. The molecular weight excluding hydrogens is 260 g/mol. The quantitative estimate of drug-likeness (QED) is 0.897. The van der Waals surface area contributed by atoms with Gasteiger partial charge in [0.05, 0.1) is 5.69 Å². The summed E-state index contributed by atoms with van der Waals surface area (Å²) in [5, 5.41) is 11.7. The Morgan fingerprint density at radius 3 is 2.94 bits per heavy atom. The zero-order valence-electron chi connectivity index (χ0n) is 8.63. The van der Waals surface area contributed by atoms with Crippen LogP contribution in [0.4, 0.5) is 0 Å². The summed E-state index contributed by atoms with van der Waals surface area (Å²) in [6.45, 7) is 0. The molecule has 17 heavy (non-hydrogen) atoms. The number of hydrogen-bond acceptors (Lipinski definition) is 4. The molecule has 0 amide bonds. The van der Waals surface area contributed by atoms with Crippen molar-refractivity contribution in [2.75, 3.05) is 0 Å². The molecule has 1 atom stereocenters. The van der Waals surface area contributed by atoms with Crippen LogP contribution in [-0.2, 0) is 4.79 Å². The summed E-state index contributed by atoms with van der Waals surface area (Å²) in [7, 11) is 0. The number of rotatable bonds is 3. The molecule has 0 bridgehead atoms. The van der Waals surface area contributed by atoms with Crippen LogP contribution >= 0.6 is 22.9 Å². The molecule has 4 nitrogen and oxygen atoms in total. The smallest absolute Gasteiger partial charge is 0.326 e. The molecule has 0 radical (unpaired) electrons. The van der Waals surface area contributed by atoms with Gasteiger partial charge < -0.3 is 10.8 Å². The van der Waals surface area contributed by atoms with Crippen molar-refractivity contribution < 1.29 is 9.90 Å². The Bertz CT molecular complexity index is 556. The second kappa shape index (κ2) is 4.83. The van der Waals surface area contributed by atoms with Crippen molar-refractivity contribution in [3.63, 3.8) is 0 Å². The van der Waals surface area contributed by atoms with E-state index in [1.165, 1.54) is 11.3 Å². The highest BCUT2D eigenvalue weighted by Gasteiger charge is 2.18. The van der Waals surface area contributed by atoms with Gasteiger partial charge in [-0.05, 0) is 12.1 Å². The molecule has 1 aromatic carbocycles. The largest absolute Gasteiger partial charge is 0.480 e. The van der Waals surface area contributed by atoms with E-state index in [2.05, 4.69) is 4.98 Å². The van der Waals surface area contributed by atoms with Crippen molar-refractivity contribution in [3.8, 4) is 10.6 Å². The summed E-state index contributed by atoms with van der Waals surface area (Å²) in [4.78, 5) is 14.9. The molecule has 3 N–H and O–H groups in total. The molecule has 88 valence electrons. The van der Waals surface area contributed by atoms with Crippen LogP contribution < -0.4 is 5.73 Å². The van der Waals surface area contributed by atoms with Gasteiger partial charge in [0.2, 0.25) is 0 Å². The van der Waals surface area contributed by atoms with Crippen molar-refractivity contribution in [2.45, 2.75) is 6.04 Å². The summed E-state index contributed by atoms with van der Waals surface area (Å²) in [5.74, 6) is -1.09. The molecule has 0 aliphatic rings. The first kappa shape index (κ1) is 12.0. The van der Waals surface area contributed by atoms with Crippen LogP contribution in [0.15, 0.2) is 29.6 Å². The molecule has 2 rings (SSSR count). The first-order valence-corrected chi connectivity index (χ1v) is 6.03. The fourth-order valence-electron chi connectivity index (χ4n) is 1.31. The Balaban J connectivity index is 2.33. The predicted molar refractivity (Wildman–Crippen MR) is 67.1 cm³/mol. The van der Waals surface area contributed by atoms with Gasteiger partial charge >= 0.3 is 5.97 Å². The van der Waals surface area contributed by atoms with Gasteiger partial charge in [-0.15, -0.1) is 11.3 Å². The van der Waals surface area contributed by atoms with Crippen LogP contribution in [0.3, 0.4) is 0 Å². The van der Waals surface area contributed by atoms with Gasteiger partial charge in [0.15, 0.2) is 0 Å². The molecule has 0 fully saturated rings. The fourth-order valence-corrected chi connectivity index (χ4v) is 2.35. The van der Waals surface area contributed by atoms with Gasteiger partial charge in [-0.3, -0.25) is 4.79 Å². The maximum absolute atomic E-state index is 10.7. The summed E-state index contributed by atoms with van der Waals surface area (Å²) >= 11 is 7.22. The number of halogens is 1. The normalized spacial score (nSPS) is 12.4. The van der Waals surface area contributed by atoms with E-state index in [4.69, 9.17) is 22.4 Å². The van der Waals surface area contributed by atoms with Crippen LogP contribution in [0.5, 0.6) is 0 Å². The maximum Gasteiger partial charge on any atom is 0.326 e. The zero-order chi connectivity index (χ0) is 12.4. The number of aromatic nitrogens is 1. The van der Waals surface area contributed by atoms with E-state index >= 15 is 0 Å². The molecule has 6 heteroatoms. The number of benzene rings is 1. The number of aliphatic carboxylic acids is 1. The Morgan fingerprint density at radius 2 is 2.29 bits per heavy atom. The lowest BCUT2D eigenvalue weighted by Crippen LogP contribution is -2.20. The van der Waals surface area contributed by atoms with Crippen molar-refractivity contribution in [1.29, 1.82) is 0 Å². The Kier molecular flexibility index (Phi) is 3.42. The van der Waals surface area contributed by atoms with E-state index in [0.717, 1.165) is 5.56 Å². The summed E-state index contributed by atoms with van der Waals surface area (Å²) in [6, 6.07) is 6.13. The van der Waals surface area contributed by atoms with Crippen LogP contribution in [0.2, 0.25) is 5.02 Å². The molecule has 0 aliphatic heterocycles. The van der Waals surface area contributed by atoms with Crippen molar-refractivity contribution >= 4 is 28.9 Å². The second-order valence-electron chi connectivity index (χ2n) is 3.40. The topological polar surface area (TPSA) is 76.2 Å². The van der Waals surface area contributed by atoms with Crippen molar-refractivity contribution in [3.05, 3.63) is 40.4 Å². The lowest BCUT2D eigenvalue weighted by molar-refractivity contribution is -0.138. The van der Waals surface area contributed by atoms with Gasteiger partial charge in [0, 0.05) is 16.0 Å². The molecule has 0 saturated carbocycles. The average Bonchev–Trinajstić information content (AvgIpc) is 2.77. The average molecular weight is 269 g/mol. The number of thiazole rings is 1. The predicted octanol–water partition coefficient (Wildman–Crippen LogP) is 2.55. The van der Waals surface area contributed by atoms with E-state index in [1.54, 1.807) is 17.5 Å². The van der Waals surface area contributed by atoms with Crippen LogP contribution in [0, 0.1) is 0 Å². The van der Waals surface area contributed by atoms with E-state index in [0.29, 0.717) is 15.7 Å². The molecule has 0 spiro atoms. The highest BCUT2D eigenvalue weighted by molar-refractivity contribution is 7.13. The van der Waals surface area contributed by atoms with Crippen molar-refractivity contribution in [2.24, 2.45) is 5.73 Å². The summed E-state index contributed by atoms with van der Waals surface area (Å²) in [5.41, 5.74) is 6.69. The van der Waals surface area contributed by atoms with Gasteiger partial charge in [-0.2, -0.15) is 0 Å². The summed E-state index contributed by atoms with van der Waals surface area (Å²) < 4.78 is 0. The number of carbonyl (C=O) groups is 1. The van der Waals surface area contributed by atoms with Crippen LogP contribution in [0.1, 0.15) is 11.7 Å². The van der Waals surface area contributed by atoms with Gasteiger partial charge in [0.1, 0.15) is 11.0 Å². The standard InChI is InChI=1S/C11H9ClN2O2S/c12-7-3-1-2-6(4-7)10-14-8(5-17-10)9(13)11(15)16/h1-5,9H,13H2,(H,15,16). The van der Waals surface area contributed by atoms with E-state index < -0.39 is 12.0 Å². The maximum atomic E-state index is 10.7. The molecule has 1 aromatic heterocycles. The second-order valence-corrected chi connectivity index (χ2v) is 4.70. The number of nitrogens with zero attached hydrogens (tertiary/aromatic N) is 1. The van der Waals surface area contributed by atoms with Gasteiger partial charge in [-0.25, -0.2) is 4.98 Å². The van der Waals surface area contributed by atoms with Crippen LogP contribution in [0.25, 0.3) is 10.6 Å². The third-order valence-electron chi connectivity index (χ3n) is 2.18. The van der Waals surface area contributed by atoms with E-state index in [9.17, 15) is 4.79 Å². The minimum absolute atomic E-state index is 0.359. The molecule has 1 heterocycles. The fraction of sp³-hybridized carbons (Fsp3) is 0.0909. The highest BCUT2D eigenvalue weighted by Crippen LogP contribution is 2.27. The molecule has 0 saturated heterocycles. The SMILES string of the molecule is NC(C(=O)O)c1csc(-c2cccc(Cl)c2)n1. The van der Waals surface area contributed by atoms with Crippen LogP contribution in [-0.4, -0.2) is 16.1 Å². The van der Waals surface area contributed by atoms with Crippen molar-refractivity contribution in [1.82, 2.24) is 4.98 Å². The first-order valence-electron chi connectivity index (χ1n) is 4.77. The third kappa shape index (κ3) is 2.63. The Labute approximate surface area is 107 Å². The minimum atomic E-state index is -1.09. The monoisotopic (exact) mass is 268 g/mol. The number of nitrogens with two attached hydrogens (primary N) is 1. The number of hydrogen-bond donors (Lipinski definition) is 2. The van der Waals surface area contributed by atoms with Gasteiger partial charge in [-0.1, -0.05) is 23.7 Å². The highest BCUT2D eigenvalue weighted by atomic mass is 35.5. The lowest BCUT2D eigenvalue weighted by atomic mass is 10.2. The number of carboxylic acids is 1. The first-order chi connectivity index (χ1) is 8.08. The lowest BCUT2D eigenvalue weighted by Gasteiger charge is -2.01. The Morgan fingerprint density at radius 1 is 1.53 bits per heavy atom. The van der Waals surface area contributed by atoms with Gasteiger partial charge in [0.25, 0.3) is 0 Å². The summed E-state index contributed by atoms with van der Waals surface area (Å²) in [6.07, 6.45) is 0. The van der Waals surface area contributed by atoms with E-state index in [1.807, 2.05) is 12.1 Å².